The third-order valence-corrected chi connectivity index (χ3v) is 6.60. The molecule has 1 amide bonds. The molecule has 0 aliphatic carbocycles. The van der Waals surface area contributed by atoms with Crippen LogP contribution in [0.4, 0.5) is 5.00 Å². The fraction of sp³-hybridized carbons (Fsp3) is 0.348. The van der Waals surface area contributed by atoms with E-state index in [1.807, 2.05) is 6.07 Å². The monoisotopic (exact) mass is 424 g/mol. The van der Waals surface area contributed by atoms with Crippen molar-refractivity contribution in [3.8, 4) is 11.5 Å². The summed E-state index contributed by atoms with van der Waals surface area (Å²) in [6, 6.07) is 11.8. The maximum absolute atomic E-state index is 12.7. The fourth-order valence-electron chi connectivity index (χ4n) is 4.25. The van der Waals surface area contributed by atoms with E-state index in [1.54, 1.807) is 23.5 Å². The minimum atomic E-state index is -0.230. The molecule has 2 aromatic heterocycles. The summed E-state index contributed by atoms with van der Waals surface area (Å²) >= 11 is 1.60. The lowest BCUT2D eigenvalue weighted by Gasteiger charge is -2.35. The number of piperidine rings is 1. The van der Waals surface area contributed by atoms with E-state index in [9.17, 15) is 4.79 Å². The van der Waals surface area contributed by atoms with Crippen LogP contribution in [0.25, 0.3) is 0 Å². The summed E-state index contributed by atoms with van der Waals surface area (Å²) in [5.41, 5.74) is 2.26. The predicted molar refractivity (Wildman–Crippen MR) is 116 cm³/mol. The maximum Gasteiger partial charge on any atom is 0.291 e. The normalized spacial score (nSPS) is 17.1. The number of nitrogens with zero attached hydrogens (tertiary/aromatic N) is 1. The molecule has 1 aromatic carbocycles. The molecule has 0 saturated carbocycles. The number of rotatable bonds is 5. The van der Waals surface area contributed by atoms with Gasteiger partial charge in [-0.2, -0.15) is 0 Å². The number of ether oxygens (including phenoxy) is 2. The van der Waals surface area contributed by atoms with Gasteiger partial charge >= 0.3 is 0 Å². The van der Waals surface area contributed by atoms with Gasteiger partial charge in [-0.05, 0) is 68.8 Å². The van der Waals surface area contributed by atoms with Crippen molar-refractivity contribution in [2.45, 2.75) is 32.2 Å². The van der Waals surface area contributed by atoms with Crippen molar-refractivity contribution in [3.63, 3.8) is 0 Å². The predicted octanol–water partition coefficient (Wildman–Crippen LogP) is 5.21. The number of thiophene rings is 1. The fourth-order valence-corrected chi connectivity index (χ4v) is 5.19. The highest BCUT2D eigenvalue weighted by molar-refractivity contribution is 7.16. The Morgan fingerprint density at radius 3 is 2.73 bits per heavy atom. The smallest absolute Gasteiger partial charge is 0.291 e. The molecule has 1 fully saturated rings. The zero-order valence-corrected chi connectivity index (χ0v) is 17.7. The standard InChI is InChI=1S/C23H24N2O4S/c1-15-12-17(23(30-15)24-22(26)19-6-5-11-27-19)21(25-9-3-2-4-10-25)16-7-8-18-20(13-16)29-14-28-18/h5-8,11-13,21H,2-4,9-10,14H2,1H3,(H,24,26). The molecule has 0 spiro atoms. The van der Waals surface area contributed by atoms with Gasteiger partial charge in [0.05, 0.1) is 12.3 Å². The van der Waals surface area contributed by atoms with Gasteiger partial charge in [0.2, 0.25) is 6.79 Å². The van der Waals surface area contributed by atoms with Crippen LogP contribution in [0.5, 0.6) is 11.5 Å². The van der Waals surface area contributed by atoms with Crippen LogP contribution in [0.3, 0.4) is 0 Å². The number of anilines is 1. The van der Waals surface area contributed by atoms with Crippen LogP contribution >= 0.6 is 11.3 Å². The number of amides is 1. The van der Waals surface area contributed by atoms with Crippen LogP contribution in [0.2, 0.25) is 0 Å². The van der Waals surface area contributed by atoms with Crippen molar-refractivity contribution in [1.29, 1.82) is 0 Å². The van der Waals surface area contributed by atoms with Gasteiger partial charge in [0.15, 0.2) is 17.3 Å². The summed E-state index contributed by atoms with van der Waals surface area (Å²) in [5.74, 6) is 1.64. The number of carbonyl (C=O) groups excluding carboxylic acids is 1. The topological polar surface area (TPSA) is 63.9 Å². The van der Waals surface area contributed by atoms with E-state index in [-0.39, 0.29) is 18.7 Å². The van der Waals surface area contributed by atoms with Crippen LogP contribution in [0, 0.1) is 6.92 Å². The molecule has 2 aliphatic heterocycles. The minimum absolute atomic E-state index is 0.0386. The Hall–Kier alpha value is -2.77. The van der Waals surface area contributed by atoms with Crippen molar-refractivity contribution < 1.29 is 18.7 Å². The molecule has 1 atom stereocenters. The lowest BCUT2D eigenvalue weighted by Crippen LogP contribution is -2.34. The Morgan fingerprint density at radius 1 is 1.10 bits per heavy atom. The Labute approximate surface area is 179 Å². The SMILES string of the molecule is Cc1cc(C(c2ccc3c(c2)OCO3)N2CCCCC2)c(NC(=O)c2ccco2)s1. The number of hydrogen-bond acceptors (Lipinski definition) is 6. The number of nitrogens with one attached hydrogen (secondary N) is 1. The van der Waals surface area contributed by atoms with Gasteiger partial charge < -0.3 is 19.2 Å². The van der Waals surface area contributed by atoms with Gasteiger partial charge in [0.25, 0.3) is 5.91 Å². The Bertz CT molecular complexity index is 1040. The van der Waals surface area contributed by atoms with Crippen molar-refractivity contribution in [2.75, 3.05) is 25.2 Å². The molecule has 7 heteroatoms. The first-order valence-corrected chi connectivity index (χ1v) is 11.1. The van der Waals surface area contributed by atoms with Crippen LogP contribution in [-0.2, 0) is 0 Å². The number of furan rings is 1. The molecule has 0 radical (unpaired) electrons. The third kappa shape index (κ3) is 3.70. The molecular weight excluding hydrogens is 400 g/mol. The van der Waals surface area contributed by atoms with Crippen molar-refractivity contribution in [2.24, 2.45) is 0 Å². The molecule has 5 rings (SSSR count). The van der Waals surface area contributed by atoms with E-state index >= 15 is 0 Å². The second-order valence-electron chi connectivity index (χ2n) is 7.68. The largest absolute Gasteiger partial charge is 0.459 e. The molecule has 0 bridgehead atoms. The number of carbonyl (C=O) groups is 1. The van der Waals surface area contributed by atoms with E-state index in [0.717, 1.165) is 45.6 Å². The number of aryl methyl sites for hydroxylation is 1. The molecule has 2 aliphatic rings. The molecule has 1 unspecified atom stereocenters. The lowest BCUT2D eigenvalue weighted by molar-refractivity contribution is 0.0996. The van der Waals surface area contributed by atoms with Crippen LogP contribution in [-0.4, -0.2) is 30.7 Å². The number of fused-ring (bicyclic) bond motifs is 1. The van der Waals surface area contributed by atoms with Crippen molar-refractivity contribution >= 4 is 22.2 Å². The maximum atomic E-state index is 12.7. The van der Waals surface area contributed by atoms with Crippen molar-refractivity contribution in [3.05, 3.63) is 64.4 Å². The van der Waals surface area contributed by atoms with E-state index in [0.29, 0.717) is 5.76 Å². The van der Waals surface area contributed by atoms with E-state index in [2.05, 4.69) is 35.3 Å². The summed E-state index contributed by atoms with van der Waals surface area (Å²) in [4.78, 5) is 16.3. The average Bonchev–Trinajstić information content (AvgIpc) is 3.50. The van der Waals surface area contributed by atoms with E-state index < -0.39 is 0 Å². The average molecular weight is 425 g/mol. The second kappa shape index (κ2) is 8.16. The Balaban J connectivity index is 1.53. The first-order valence-electron chi connectivity index (χ1n) is 10.3. The van der Waals surface area contributed by atoms with Crippen LogP contribution in [0.1, 0.15) is 51.9 Å². The highest BCUT2D eigenvalue weighted by Crippen LogP contribution is 2.43. The molecule has 1 saturated heterocycles. The molecular formula is C23H24N2O4S. The number of benzene rings is 1. The highest BCUT2D eigenvalue weighted by Gasteiger charge is 2.29. The van der Waals surface area contributed by atoms with Crippen molar-refractivity contribution in [1.82, 2.24) is 4.90 Å². The van der Waals surface area contributed by atoms with Gasteiger partial charge in [-0.15, -0.1) is 11.3 Å². The zero-order chi connectivity index (χ0) is 20.5. The second-order valence-corrected chi connectivity index (χ2v) is 8.94. The summed E-state index contributed by atoms with van der Waals surface area (Å²) in [5, 5.41) is 3.94. The molecule has 3 aromatic rings. The van der Waals surface area contributed by atoms with Gasteiger partial charge in [0, 0.05) is 10.4 Å². The molecule has 1 N–H and O–H groups in total. The Morgan fingerprint density at radius 2 is 1.93 bits per heavy atom. The highest BCUT2D eigenvalue weighted by atomic mass is 32.1. The number of likely N-dealkylation sites (tertiary alicyclic amines) is 1. The van der Waals surface area contributed by atoms with Crippen LogP contribution in [0.15, 0.2) is 47.1 Å². The summed E-state index contributed by atoms with van der Waals surface area (Å²) in [7, 11) is 0. The van der Waals surface area contributed by atoms with Gasteiger partial charge in [-0.3, -0.25) is 9.69 Å². The lowest BCUT2D eigenvalue weighted by atomic mass is 9.95. The van der Waals surface area contributed by atoms with E-state index in [4.69, 9.17) is 13.9 Å². The van der Waals surface area contributed by atoms with Gasteiger partial charge in [-0.25, -0.2) is 0 Å². The quantitative estimate of drug-likeness (QED) is 0.609. The zero-order valence-electron chi connectivity index (χ0n) is 16.8. The summed E-state index contributed by atoms with van der Waals surface area (Å²) in [6.45, 7) is 4.39. The third-order valence-electron chi connectivity index (χ3n) is 5.62. The summed E-state index contributed by atoms with van der Waals surface area (Å²) in [6.07, 6.45) is 5.13. The van der Waals surface area contributed by atoms with Gasteiger partial charge in [-0.1, -0.05) is 12.5 Å². The molecule has 6 nitrogen and oxygen atoms in total. The molecule has 30 heavy (non-hydrogen) atoms. The molecule has 4 heterocycles. The van der Waals surface area contributed by atoms with E-state index in [1.165, 1.54) is 25.5 Å². The summed E-state index contributed by atoms with van der Waals surface area (Å²) < 4.78 is 16.4. The van der Waals surface area contributed by atoms with Gasteiger partial charge in [0.1, 0.15) is 5.00 Å². The Kier molecular flexibility index (Phi) is 5.23. The van der Waals surface area contributed by atoms with Crippen LogP contribution < -0.4 is 14.8 Å². The first kappa shape index (κ1) is 19.2. The molecule has 156 valence electrons. The number of hydrogen-bond donors (Lipinski definition) is 1. The first-order chi connectivity index (χ1) is 14.7. The minimum Gasteiger partial charge on any atom is -0.459 e.